The highest BCUT2D eigenvalue weighted by molar-refractivity contribution is 5.22. The number of benzene rings is 1. The topological polar surface area (TPSA) is 12.5 Å². The monoisotopic (exact) mass is 243 g/mol. The smallest absolute Gasteiger partial charge is 0.0594 e. The highest BCUT2D eigenvalue weighted by Crippen LogP contribution is 2.05. The molecule has 1 heterocycles. The lowest BCUT2D eigenvalue weighted by Crippen LogP contribution is -2.37. The summed E-state index contributed by atoms with van der Waals surface area (Å²) < 4.78 is 5.33. The van der Waals surface area contributed by atoms with Gasteiger partial charge in [0.2, 0.25) is 0 Å². The molecule has 18 heavy (non-hydrogen) atoms. The third kappa shape index (κ3) is 4.47. The van der Waals surface area contributed by atoms with Gasteiger partial charge < -0.3 is 4.74 Å². The van der Waals surface area contributed by atoms with Crippen LogP contribution in [0.25, 0.3) is 0 Å². The molecule has 1 fully saturated rings. The van der Waals surface area contributed by atoms with Crippen LogP contribution in [-0.4, -0.2) is 37.7 Å². The number of ether oxygens (including phenoxy) is 1. The molecule has 0 aliphatic carbocycles. The molecule has 1 aliphatic heterocycles. The van der Waals surface area contributed by atoms with Crippen molar-refractivity contribution in [3.63, 3.8) is 0 Å². The van der Waals surface area contributed by atoms with Gasteiger partial charge in [0.15, 0.2) is 0 Å². The third-order valence-electron chi connectivity index (χ3n) is 3.08. The summed E-state index contributed by atoms with van der Waals surface area (Å²) in [4.78, 5) is 2.39. The maximum absolute atomic E-state index is 5.33. The van der Waals surface area contributed by atoms with Gasteiger partial charge in [-0.25, -0.2) is 0 Å². The summed E-state index contributed by atoms with van der Waals surface area (Å²) in [5.74, 6) is 0. The van der Waals surface area contributed by atoms with Gasteiger partial charge in [0.25, 0.3) is 0 Å². The van der Waals surface area contributed by atoms with Crippen molar-refractivity contribution >= 4 is 0 Å². The van der Waals surface area contributed by atoms with Crippen molar-refractivity contribution in [1.82, 2.24) is 4.90 Å². The summed E-state index contributed by atoms with van der Waals surface area (Å²) in [6.45, 7) is 8.80. The summed E-state index contributed by atoms with van der Waals surface area (Å²) in [6, 6.07) is 10.5. The summed E-state index contributed by atoms with van der Waals surface area (Å²) in [5.41, 5.74) is 2.51. The molecule has 0 amide bonds. The van der Waals surface area contributed by atoms with Crippen molar-refractivity contribution in [1.29, 1.82) is 0 Å². The molecule has 0 spiro atoms. The number of hydrogen-bond acceptors (Lipinski definition) is 2. The lowest BCUT2D eigenvalue weighted by Gasteiger charge is -2.26. The van der Waals surface area contributed by atoms with Crippen LogP contribution in [-0.2, 0) is 11.2 Å². The Labute approximate surface area is 110 Å². The second kappa shape index (κ2) is 7.14. The van der Waals surface area contributed by atoms with Crippen LogP contribution in [0.5, 0.6) is 0 Å². The summed E-state index contributed by atoms with van der Waals surface area (Å²) in [6.07, 6.45) is 5.31. The quantitative estimate of drug-likeness (QED) is 0.737. The van der Waals surface area contributed by atoms with Crippen molar-refractivity contribution in [3.05, 3.63) is 60.2 Å². The molecule has 1 aromatic rings. The Kier molecular flexibility index (Phi) is 5.18. The minimum Gasteiger partial charge on any atom is -0.379 e. The lowest BCUT2D eigenvalue weighted by atomic mass is 10.1. The van der Waals surface area contributed by atoms with Crippen LogP contribution in [0.15, 0.2) is 54.6 Å². The molecule has 2 rings (SSSR count). The van der Waals surface area contributed by atoms with E-state index in [0.717, 1.165) is 39.3 Å². The molecule has 0 bridgehead atoms. The van der Waals surface area contributed by atoms with E-state index in [-0.39, 0.29) is 0 Å². The predicted molar refractivity (Wildman–Crippen MR) is 75.7 cm³/mol. The van der Waals surface area contributed by atoms with Gasteiger partial charge >= 0.3 is 0 Å². The van der Waals surface area contributed by atoms with Gasteiger partial charge in [0.05, 0.1) is 13.2 Å². The minimum atomic E-state index is 0.848. The Hall–Kier alpha value is -1.38. The van der Waals surface area contributed by atoms with Crippen LogP contribution in [0.2, 0.25) is 0 Å². The molecule has 0 radical (unpaired) electrons. The molecular formula is C16H21NO. The normalized spacial score (nSPS) is 17.1. The van der Waals surface area contributed by atoms with E-state index in [9.17, 15) is 0 Å². The number of morpholine rings is 1. The Morgan fingerprint density at radius 2 is 1.94 bits per heavy atom. The predicted octanol–water partition coefficient (Wildman–Crippen LogP) is 2.67. The van der Waals surface area contributed by atoms with Gasteiger partial charge in [-0.05, 0) is 17.6 Å². The van der Waals surface area contributed by atoms with E-state index in [1.807, 2.05) is 6.07 Å². The van der Waals surface area contributed by atoms with Crippen molar-refractivity contribution in [2.24, 2.45) is 0 Å². The fraction of sp³-hybridized carbons (Fsp3) is 0.375. The largest absolute Gasteiger partial charge is 0.379 e. The fourth-order valence-corrected chi connectivity index (χ4v) is 2.07. The third-order valence-corrected chi connectivity index (χ3v) is 3.08. The van der Waals surface area contributed by atoms with Crippen LogP contribution < -0.4 is 0 Å². The Morgan fingerprint density at radius 3 is 2.67 bits per heavy atom. The van der Waals surface area contributed by atoms with E-state index < -0.39 is 0 Å². The molecule has 1 aromatic carbocycles. The molecule has 1 aliphatic rings. The second-order valence-electron chi connectivity index (χ2n) is 4.64. The molecule has 0 saturated carbocycles. The first-order chi connectivity index (χ1) is 8.84. The zero-order valence-electron chi connectivity index (χ0n) is 10.8. The van der Waals surface area contributed by atoms with E-state index in [4.69, 9.17) is 4.74 Å². The SMILES string of the molecule is C=C(/C=C\Cc1ccccc1)CN1CCOCC1. The minimum absolute atomic E-state index is 0.848. The maximum Gasteiger partial charge on any atom is 0.0594 e. The van der Waals surface area contributed by atoms with Crippen molar-refractivity contribution in [3.8, 4) is 0 Å². The van der Waals surface area contributed by atoms with Crippen LogP contribution in [0.1, 0.15) is 5.56 Å². The van der Waals surface area contributed by atoms with E-state index in [1.54, 1.807) is 0 Å². The van der Waals surface area contributed by atoms with Crippen molar-refractivity contribution < 1.29 is 4.74 Å². The van der Waals surface area contributed by atoms with Gasteiger partial charge in [0, 0.05) is 19.6 Å². The van der Waals surface area contributed by atoms with Crippen LogP contribution in [0.3, 0.4) is 0 Å². The molecular weight excluding hydrogens is 222 g/mol. The van der Waals surface area contributed by atoms with Crippen LogP contribution >= 0.6 is 0 Å². The first-order valence-electron chi connectivity index (χ1n) is 6.53. The average Bonchev–Trinajstić information content (AvgIpc) is 2.41. The summed E-state index contributed by atoms with van der Waals surface area (Å²) in [7, 11) is 0. The molecule has 0 aromatic heterocycles. The van der Waals surface area contributed by atoms with Crippen molar-refractivity contribution in [2.45, 2.75) is 6.42 Å². The molecule has 0 atom stereocenters. The number of hydrogen-bond donors (Lipinski definition) is 0. The Morgan fingerprint density at radius 1 is 1.22 bits per heavy atom. The van der Waals surface area contributed by atoms with E-state index >= 15 is 0 Å². The highest BCUT2D eigenvalue weighted by Gasteiger charge is 2.09. The van der Waals surface area contributed by atoms with Crippen molar-refractivity contribution in [2.75, 3.05) is 32.8 Å². The zero-order valence-corrected chi connectivity index (χ0v) is 10.8. The lowest BCUT2D eigenvalue weighted by molar-refractivity contribution is 0.0426. The highest BCUT2D eigenvalue weighted by atomic mass is 16.5. The zero-order chi connectivity index (χ0) is 12.6. The number of nitrogens with zero attached hydrogens (tertiary/aromatic N) is 1. The number of allylic oxidation sites excluding steroid dienone is 1. The first kappa shape index (κ1) is 13.1. The van der Waals surface area contributed by atoms with Crippen LogP contribution in [0.4, 0.5) is 0 Å². The number of rotatable bonds is 5. The molecule has 2 heteroatoms. The van der Waals surface area contributed by atoms with E-state index in [2.05, 4.69) is 47.9 Å². The van der Waals surface area contributed by atoms with Gasteiger partial charge in [-0.3, -0.25) is 4.90 Å². The molecule has 0 N–H and O–H groups in total. The fourth-order valence-electron chi connectivity index (χ4n) is 2.07. The van der Waals surface area contributed by atoms with Crippen LogP contribution in [0, 0.1) is 0 Å². The van der Waals surface area contributed by atoms with Gasteiger partial charge in [-0.2, -0.15) is 0 Å². The van der Waals surface area contributed by atoms with E-state index in [0.29, 0.717) is 0 Å². The van der Waals surface area contributed by atoms with Gasteiger partial charge in [-0.1, -0.05) is 49.1 Å². The molecule has 0 unspecified atom stereocenters. The molecule has 2 nitrogen and oxygen atoms in total. The standard InChI is InChI=1S/C16H21NO/c1-15(14-17-10-12-18-13-11-17)6-5-9-16-7-3-2-4-8-16/h2-8H,1,9-14H2/b6-5-. The van der Waals surface area contributed by atoms with Gasteiger partial charge in [-0.15, -0.1) is 0 Å². The van der Waals surface area contributed by atoms with Gasteiger partial charge in [0.1, 0.15) is 0 Å². The Balaban J connectivity index is 1.73. The second-order valence-corrected chi connectivity index (χ2v) is 4.64. The summed E-state index contributed by atoms with van der Waals surface area (Å²) in [5, 5.41) is 0. The average molecular weight is 243 g/mol. The molecule has 1 saturated heterocycles. The maximum atomic E-state index is 5.33. The van der Waals surface area contributed by atoms with E-state index in [1.165, 1.54) is 11.1 Å². The Bertz CT molecular complexity index is 391. The summed E-state index contributed by atoms with van der Waals surface area (Å²) >= 11 is 0. The first-order valence-corrected chi connectivity index (χ1v) is 6.53. The molecule has 96 valence electrons.